The lowest BCUT2D eigenvalue weighted by Gasteiger charge is -2.15. The molecule has 0 bridgehead atoms. The van der Waals surface area contributed by atoms with Crippen molar-refractivity contribution in [1.29, 1.82) is 0 Å². The highest BCUT2D eigenvalue weighted by atomic mass is 35.5. The van der Waals surface area contributed by atoms with E-state index in [2.05, 4.69) is 15.5 Å². The molecule has 0 saturated carbocycles. The highest BCUT2D eigenvalue weighted by Gasteiger charge is 2.19. The second-order valence-electron chi connectivity index (χ2n) is 6.04. The Balaban J connectivity index is 1.63. The van der Waals surface area contributed by atoms with E-state index in [-0.39, 0.29) is 17.8 Å². The van der Waals surface area contributed by atoms with Gasteiger partial charge in [0.15, 0.2) is 0 Å². The fourth-order valence-corrected chi connectivity index (χ4v) is 2.87. The Bertz CT molecular complexity index is 864. The van der Waals surface area contributed by atoms with Crippen molar-refractivity contribution >= 4 is 17.5 Å². The van der Waals surface area contributed by atoms with Gasteiger partial charge in [0, 0.05) is 11.1 Å². The SMILES string of the molecule is CCC(Cc1ccccc1)NC(=O)c1nnc(Cc2ccccc2Cl)o1. The zero-order valence-electron chi connectivity index (χ0n) is 14.5. The molecule has 1 aromatic heterocycles. The molecular formula is C20H20ClN3O2. The Labute approximate surface area is 157 Å². The summed E-state index contributed by atoms with van der Waals surface area (Å²) in [7, 11) is 0. The van der Waals surface area contributed by atoms with E-state index in [1.165, 1.54) is 5.56 Å². The largest absolute Gasteiger partial charge is 0.417 e. The molecule has 0 aliphatic carbocycles. The molecule has 1 atom stereocenters. The fraction of sp³-hybridized carbons (Fsp3) is 0.250. The van der Waals surface area contributed by atoms with E-state index in [0.717, 1.165) is 18.4 Å². The highest BCUT2D eigenvalue weighted by molar-refractivity contribution is 6.31. The number of amides is 1. The van der Waals surface area contributed by atoms with Gasteiger partial charge in [-0.1, -0.05) is 67.1 Å². The standard InChI is InChI=1S/C20H20ClN3O2/c1-2-16(12-14-8-4-3-5-9-14)22-19(25)20-24-23-18(26-20)13-15-10-6-7-11-17(15)21/h3-11,16H,2,12-13H2,1H3,(H,22,25). The highest BCUT2D eigenvalue weighted by Crippen LogP contribution is 2.18. The van der Waals surface area contributed by atoms with Gasteiger partial charge in [-0.15, -0.1) is 10.2 Å². The first kappa shape index (κ1) is 18.1. The van der Waals surface area contributed by atoms with Crippen molar-refractivity contribution in [1.82, 2.24) is 15.5 Å². The molecular weight excluding hydrogens is 350 g/mol. The maximum Gasteiger partial charge on any atom is 0.309 e. The summed E-state index contributed by atoms with van der Waals surface area (Å²) in [6.07, 6.45) is 1.95. The van der Waals surface area contributed by atoms with Crippen LogP contribution in [0.3, 0.4) is 0 Å². The van der Waals surface area contributed by atoms with Crippen molar-refractivity contribution in [3.05, 3.63) is 82.5 Å². The number of aromatic nitrogens is 2. The molecule has 5 nitrogen and oxygen atoms in total. The van der Waals surface area contributed by atoms with Crippen molar-refractivity contribution in [3.8, 4) is 0 Å². The monoisotopic (exact) mass is 369 g/mol. The first-order chi connectivity index (χ1) is 12.7. The van der Waals surface area contributed by atoms with Crippen LogP contribution in [-0.2, 0) is 12.8 Å². The van der Waals surface area contributed by atoms with Crippen LogP contribution in [0.5, 0.6) is 0 Å². The summed E-state index contributed by atoms with van der Waals surface area (Å²) < 4.78 is 5.51. The molecule has 0 fully saturated rings. The zero-order valence-corrected chi connectivity index (χ0v) is 15.2. The molecule has 3 aromatic rings. The molecule has 1 amide bonds. The average Bonchev–Trinajstić information content (AvgIpc) is 3.12. The van der Waals surface area contributed by atoms with Gasteiger partial charge >= 0.3 is 11.8 Å². The lowest BCUT2D eigenvalue weighted by Crippen LogP contribution is -2.36. The van der Waals surface area contributed by atoms with Gasteiger partial charge < -0.3 is 9.73 Å². The Morgan fingerprint density at radius 1 is 1.12 bits per heavy atom. The van der Waals surface area contributed by atoms with Crippen molar-refractivity contribution in [3.63, 3.8) is 0 Å². The summed E-state index contributed by atoms with van der Waals surface area (Å²) in [4.78, 5) is 12.4. The molecule has 2 aromatic carbocycles. The molecule has 0 aliphatic rings. The van der Waals surface area contributed by atoms with Crippen molar-refractivity contribution in [2.75, 3.05) is 0 Å². The maximum absolute atomic E-state index is 12.4. The number of rotatable bonds is 7. The number of nitrogens with zero attached hydrogens (tertiary/aromatic N) is 2. The van der Waals surface area contributed by atoms with Crippen LogP contribution in [0, 0.1) is 0 Å². The van der Waals surface area contributed by atoms with Gasteiger partial charge in [0.25, 0.3) is 0 Å². The van der Waals surface area contributed by atoms with Gasteiger partial charge in [-0.25, -0.2) is 0 Å². The van der Waals surface area contributed by atoms with E-state index in [9.17, 15) is 4.79 Å². The van der Waals surface area contributed by atoms with Gasteiger partial charge in [0.2, 0.25) is 5.89 Å². The van der Waals surface area contributed by atoms with Crippen LogP contribution < -0.4 is 5.32 Å². The second-order valence-corrected chi connectivity index (χ2v) is 6.44. The van der Waals surface area contributed by atoms with Crippen LogP contribution in [0.25, 0.3) is 0 Å². The van der Waals surface area contributed by atoms with E-state index in [1.807, 2.05) is 55.5 Å². The molecule has 1 heterocycles. The number of hydrogen-bond acceptors (Lipinski definition) is 4. The summed E-state index contributed by atoms with van der Waals surface area (Å²) in [5.74, 6) is -0.0244. The minimum Gasteiger partial charge on any atom is -0.417 e. The van der Waals surface area contributed by atoms with E-state index < -0.39 is 0 Å². The van der Waals surface area contributed by atoms with Gasteiger partial charge in [-0.05, 0) is 30.0 Å². The molecule has 0 saturated heterocycles. The van der Waals surface area contributed by atoms with Crippen LogP contribution in [-0.4, -0.2) is 22.1 Å². The van der Waals surface area contributed by atoms with Gasteiger partial charge in [0.05, 0.1) is 6.42 Å². The molecule has 0 radical (unpaired) electrons. The molecule has 0 spiro atoms. The molecule has 6 heteroatoms. The Morgan fingerprint density at radius 2 is 1.85 bits per heavy atom. The first-order valence-corrected chi connectivity index (χ1v) is 8.94. The minimum atomic E-state index is -0.356. The summed E-state index contributed by atoms with van der Waals surface area (Å²) in [5, 5.41) is 11.4. The smallest absolute Gasteiger partial charge is 0.309 e. The van der Waals surface area contributed by atoms with E-state index in [1.54, 1.807) is 6.07 Å². The molecule has 26 heavy (non-hydrogen) atoms. The van der Waals surface area contributed by atoms with Crippen LogP contribution >= 0.6 is 11.6 Å². The summed E-state index contributed by atoms with van der Waals surface area (Å²) >= 11 is 6.14. The third kappa shape index (κ3) is 4.70. The molecule has 134 valence electrons. The number of hydrogen-bond donors (Lipinski definition) is 1. The number of halogens is 1. The Hall–Kier alpha value is -2.66. The normalized spacial score (nSPS) is 11.9. The predicted molar refractivity (Wildman–Crippen MR) is 100 cm³/mol. The van der Waals surface area contributed by atoms with Gasteiger partial charge in [-0.3, -0.25) is 4.79 Å². The van der Waals surface area contributed by atoms with Crippen molar-refractivity contribution in [2.24, 2.45) is 0 Å². The predicted octanol–water partition coefficient (Wildman–Crippen LogP) is 4.06. The molecule has 3 rings (SSSR count). The maximum atomic E-state index is 12.4. The number of carbonyl (C=O) groups excluding carboxylic acids is 1. The quantitative estimate of drug-likeness (QED) is 0.681. The summed E-state index contributed by atoms with van der Waals surface area (Å²) in [6.45, 7) is 2.03. The summed E-state index contributed by atoms with van der Waals surface area (Å²) in [5.41, 5.74) is 2.05. The van der Waals surface area contributed by atoms with Crippen LogP contribution in [0.4, 0.5) is 0 Å². The van der Waals surface area contributed by atoms with E-state index >= 15 is 0 Å². The second kappa shape index (κ2) is 8.63. The lowest BCUT2D eigenvalue weighted by atomic mass is 10.0. The Morgan fingerprint density at radius 3 is 2.58 bits per heavy atom. The number of carbonyl (C=O) groups is 1. The molecule has 0 aliphatic heterocycles. The lowest BCUT2D eigenvalue weighted by molar-refractivity contribution is 0.0899. The molecule has 1 unspecified atom stereocenters. The minimum absolute atomic E-state index is 0.00353. The van der Waals surface area contributed by atoms with E-state index in [4.69, 9.17) is 16.0 Å². The van der Waals surface area contributed by atoms with E-state index in [0.29, 0.717) is 17.3 Å². The van der Waals surface area contributed by atoms with Gasteiger partial charge in [0.1, 0.15) is 0 Å². The number of nitrogens with one attached hydrogen (secondary N) is 1. The third-order valence-electron chi connectivity index (χ3n) is 4.11. The topological polar surface area (TPSA) is 68.0 Å². The van der Waals surface area contributed by atoms with Crippen LogP contribution in [0.1, 0.15) is 41.0 Å². The first-order valence-electron chi connectivity index (χ1n) is 8.56. The fourth-order valence-electron chi connectivity index (χ4n) is 2.66. The average molecular weight is 370 g/mol. The Kier molecular flexibility index (Phi) is 6.02. The molecule has 1 N–H and O–H groups in total. The zero-order chi connectivity index (χ0) is 18.4. The third-order valence-corrected chi connectivity index (χ3v) is 4.48. The number of benzene rings is 2. The van der Waals surface area contributed by atoms with Crippen LogP contribution in [0.2, 0.25) is 5.02 Å². The van der Waals surface area contributed by atoms with Crippen molar-refractivity contribution < 1.29 is 9.21 Å². The van der Waals surface area contributed by atoms with Crippen molar-refractivity contribution in [2.45, 2.75) is 32.2 Å². The van der Waals surface area contributed by atoms with Crippen LogP contribution in [0.15, 0.2) is 59.0 Å². The van der Waals surface area contributed by atoms with Gasteiger partial charge in [-0.2, -0.15) is 0 Å². The summed E-state index contributed by atoms with van der Waals surface area (Å²) in [6, 6.07) is 17.5.